The van der Waals surface area contributed by atoms with Crippen LogP contribution in [0.1, 0.15) is 49.1 Å². The lowest BCUT2D eigenvalue weighted by Gasteiger charge is -2.36. The molecule has 0 radical (unpaired) electrons. The number of hydrogen-bond donors (Lipinski definition) is 2. The zero-order valence-corrected chi connectivity index (χ0v) is 12.9. The third-order valence-electron chi connectivity index (χ3n) is 4.92. The number of nitrogens with two attached hydrogens (primary N) is 1. The Balaban J connectivity index is 1.49. The topological polar surface area (TPSA) is 50.4 Å². The standard InChI is InChI=1S/C17H22F3N3/c18-17(19,20)14-6-2-5-12(7-14)13-8-15(9-13)23-16(21)22-10-11-3-1-4-11/h2,5-7,11,13,15H,1,3-4,8-10H2,(H3,21,22,23). The normalized spacial score (nSPS) is 25.6. The minimum absolute atomic E-state index is 0.161. The van der Waals surface area contributed by atoms with Crippen LogP contribution in [0.3, 0.4) is 0 Å². The molecule has 0 aromatic heterocycles. The molecule has 3 N–H and O–H groups in total. The largest absolute Gasteiger partial charge is 0.416 e. The number of guanidine groups is 1. The number of rotatable bonds is 4. The summed E-state index contributed by atoms with van der Waals surface area (Å²) in [6.45, 7) is 0.780. The van der Waals surface area contributed by atoms with Gasteiger partial charge < -0.3 is 11.1 Å². The quantitative estimate of drug-likeness (QED) is 0.656. The SMILES string of the molecule is NC(=NCC1CCC1)NC1CC(c2cccc(C(F)(F)F)c2)C1. The highest BCUT2D eigenvalue weighted by atomic mass is 19.4. The lowest BCUT2D eigenvalue weighted by atomic mass is 9.75. The number of hydrogen-bond acceptors (Lipinski definition) is 1. The fraction of sp³-hybridized carbons (Fsp3) is 0.588. The van der Waals surface area contributed by atoms with Crippen LogP contribution in [0.4, 0.5) is 13.2 Å². The Morgan fingerprint density at radius 3 is 2.61 bits per heavy atom. The van der Waals surface area contributed by atoms with Crippen molar-refractivity contribution in [3.8, 4) is 0 Å². The Bertz CT molecular complexity index is 573. The first kappa shape index (κ1) is 16.1. The number of nitrogens with one attached hydrogen (secondary N) is 1. The lowest BCUT2D eigenvalue weighted by molar-refractivity contribution is -0.137. The molecule has 0 spiro atoms. The smallest absolute Gasteiger partial charge is 0.370 e. The lowest BCUT2D eigenvalue weighted by Crippen LogP contribution is -2.46. The molecule has 0 bridgehead atoms. The van der Waals surface area contributed by atoms with Crippen LogP contribution in [0, 0.1) is 5.92 Å². The molecule has 0 saturated heterocycles. The molecule has 3 nitrogen and oxygen atoms in total. The molecule has 1 aromatic carbocycles. The highest BCUT2D eigenvalue weighted by Crippen LogP contribution is 2.39. The number of aliphatic imine (C=N–C) groups is 1. The maximum Gasteiger partial charge on any atom is 0.416 e. The second-order valence-electron chi connectivity index (χ2n) is 6.66. The van der Waals surface area contributed by atoms with Gasteiger partial charge in [0.25, 0.3) is 0 Å². The monoisotopic (exact) mass is 325 g/mol. The summed E-state index contributed by atoms with van der Waals surface area (Å²) in [7, 11) is 0. The predicted molar refractivity (Wildman–Crippen MR) is 84.2 cm³/mol. The molecule has 23 heavy (non-hydrogen) atoms. The van der Waals surface area contributed by atoms with E-state index in [1.165, 1.54) is 31.4 Å². The molecule has 126 valence electrons. The molecule has 2 aliphatic rings. The molecule has 6 heteroatoms. The van der Waals surface area contributed by atoms with Gasteiger partial charge in [-0.15, -0.1) is 0 Å². The number of halogens is 3. The molecule has 0 aliphatic heterocycles. The van der Waals surface area contributed by atoms with E-state index in [4.69, 9.17) is 5.73 Å². The molecule has 1 aromatic rings. The number of benzene rings is 1. The Hall–Kier alpha value is -1.72. The van der Waals surface area contributed by atoms with Crippen LogP contribution in [0.5, 0.6) is 0 Å². The number of nitrogens with zero attached hydrogens (tertiary/aromatic N) is 1. The fourth-order valence-electron chi connectivity index (χ4n) is 3.13. The molecular formula is C17H22F3N3. The summed E-state index contributed by atoms with van der Waals surface area (Å²) in [5.41, 5.74) is 6.04. The van der Waals surface area contributed by atoms with E-state index >= 15 is 0 Å². The molecule has 0 amide bonds. The van der Waals surface area contributed by atoms with Gasteiger partial charge in [0.2, 0.25) is 0 Å². The van der Waals surface area contributed by atoms with Crippen molar-refractivity contribution in [3.05, 3.63) is 35.4 Å². The van der Waals surface area contributed by atoms with Gasteiger partial charge in [0, 0.05) is 12.6 Å². The van der Waals surface area contributed by atoms with E-state index in [9.17, 15) is 13.2 Å². The van der Waals surface area contributed by atoms with Gasteiger partial charge in [0.15, 0.2) is 5.96 Å². The first-order valence-electron chi connectivity index (χ1n) is 8.15. The summed E-state index contributed by atoms with van der Waals surface area (Å²) in [4.78, 5) is 4.35. The van der Waals surface area contributed by atoms with Crippen molar-refractivity contribution >= 4 is 5.96 Å². The van der Waals surface area contributed by atoms with E-state index in [0.717, 1.165) is 31.0 Å². The Morgan fingerprint density at radius 2 is 2.00 bits per heavy atom. The Labute approximate surface area is 134 Å². The van der Waals surface area contributed by atoms with Crippen LogP contribution < -0.4 is 11.1 Å². The molecule has 3 rings (SSSR count). The van der Waals surface area contributed by atoms with Crippen LogP contribution >= 0.6 is 0 Å². The van der Waals surface area contributed by atoms with Gasteiger partial charge in [0.05, 0.1) is 5.56 Å². The molecule has 0 atom stereocenters. The first-order valence-corrected chi connectivity index (χ1v) is 8.15. The summed E-state index contributed by atoms with van der Waals surface area (Å²) >= 11 is 0. The van der Waals surface area contributed by atoms with E-state index in [2.05, 4.69) is 10.3 Å². The highest BCUT2D eigenvalue weighted by Gasteiger charge is 2.34. The minimum Gasteiger partial charge on any atom is -0.370 e. The predicted octanol–water partition coefficient (Wildman–Crippen LogP) is 3.66. The number of alkyl halides is 3. The van der Waals surface area contributed by atoms with E-state index in [0.29, 0.717) is 11.9 Å². The van der Waals surface area contributed by atoms with Crippen LogP contribution in [-0.4, -0.2) is 18.5 Å². The molecule has 2 aliphatic carbocycles. The van der Waals surface area contributed by atoms with Gasteiger partial charge in [-0.2, -0.15) is 13.2 Å². The minimum atomic E-state index is -4.28. The summed E-state index contributed by atoms with van der Waals surface area (Å²) in [5, 5.41) is 3.17. The molecule has 0 heterocycles. The summed E-state index contributed by atoms with van der Waals surface area (Å²) in [6.07, 6.45) is 1.06. The Kier molecular flexibility index (Phi) is 4.50. The van der Waals surface area contributed by atoms with E-state index in [1.54, 1.807) is 6.07 Å². The molecule has 2 fully saturated rings. The zero-order valence-electron chi connectivity index (χ0n) is 12.9. The van der Waals surface area contributed by atoms with Crippen molar-refractivity contribution in [2.75, 3.05) is 6.54 Å². The van der Waals surface area contributed by atoms with Crippen LogP contribution in [0.25, 0.3) is 0 Å². The third kappa shape index (κ3) is 3.98. The first-order chi connectivity index (χ1) is 10.9. The summed E-state index contributed by atoms with van der Waals surface area (Å²) in [6, 6.07) is 5.83. The second kappa shape index (κ2) is 6.42. The van der Waals surface area contributed by atoms with Crippen molar-refractivity contribution < 1.29 is 13.2 Å². The van der Waals surface area contributed by atoms with E-state index < -0.39 is 11.7 Å². The van der Waals surface area contributed by atoms with Crippen molar-refractivity contribution in [3.63, 3.8) is 0 Å². The van der Waals surface area contributed by atoms with Gasteiger partial charge in [-0.1, -0.05) is 24.6 Å². The van der Waals surface area contributed by atoms with Gasteiger partial charge in [0.1, 0.15) is 0 Å². The van der Waals surface area contributed by atoms with Gasteiger partial charge in [-0.25, -0.2) is 0 Å². The second-order valence-corrected chi connectivity index (χ2v) is 6.66. The van der Waals surface area contributed by atoms with E-state index in [1.807, 2.05) is 0 Å². The fourth-order valence-corrected chi connectivity index (χ4v) is 3.13. The van der Waals surface area contributed by atoms with E-state index in [-0.39, 0.29) is 12.0 Å². The average Bonchev–Trinajstić information content (AvgIpc) is 2.40. The van der Waals surface area contributed by atoms with Crippen molar-refractivity contribution in [2.45, 2.75) is 50.2 Å². The average molecular weight is 325 g/mol. The molecule has 2 saturated carbocycles. The van der Waals surface area contributed by atoms with Crippen LogP contribution in [-0.2, 0) is 6.18 Å². The Morgan fingerprint density at radius 1 is 1.26 bits per heavy atom. The summed E-state index contributed by atoms with van der Waals surface area (Å²) in [5.74, 6) is 1.30. The van der Waals surface area contributed by atoms with Gasteiger partial charge in [-0.05, 0) is 49.1 Å². The third-order valence-corrected chi connectivity index (χ3v) is 4.92. The maximum atomic E-state index is 12.7. The van der Waals surface area contributed by atoms with Crippen molar-refractivity contribution in [1.29, 1.82) is 0 Å². The summed E-state index contributed by atoms with van der Waals surface area (Å²) < 4.78 is 38.2. The van der Waals surface area contributed by atoms with Crippen LogP contribution in [0.2, 0.25) is 0 Å². The zero-order chi connectivity index (χ0) is 16.4. The van der Waals surface area contributed by atoms with Crippen molar-refractivity contribution in [1.82, 2.24) is 5.32 Å². The molecule has 0 unspecified atom stereocenters. The highest BCUT2D eigenvalue weighted by molar-refractivity contribution is 5.78. The van der Waals surface area contributed by atoms with Gasteiger partial charge in [-0.3, -0.25) is 4.99 Å². The van der Waals surface area contributed by atoms with Crippen LogP contribution in [0.15, 0.2) is 29.3 Å². The maximum absolute atomic E-state index is 12.7. The molecular weight excluding hydrogens is 303 g/mol. The van der Waals surface area contributed by atoms with Crippen molar-refractivity contribution in [2.24, 2.45) is 16.6 Å². The van der Waals surface area contributed by atoms with Gasteiger partial charge >= 0.3 is 6.18 Å².